The maximum atomic E-state index is 14.6. The second-order valence-corrected chi connectivity index (χ2v) is 9.90. The van der Waals surface area contributed by atoms with Gasteiger partial charge in [-0.05, 0) is 25.0 Å². The minimum Gasteiger partial charge on any atom is -0.379 e. The highest BCUT2D eigenvalue weighted by Gasteiger charge is 2.88. The van der Waals surface area contributed by atoms with Crippen LogP contribution in [0.15, 0.2) is 48.5 Å². The van der Waals surface area contributed by atoms with Gasteiger partial charge in [-0.25, -0.2) is 4.39 Å². The largest absolute Gasteiger partial charge is 0.458 e. The highest BCUT2D eigenvalue weighted by atomic mass is 127. The smallest absolute Gasteiger partial charge is 0.379 e. The second kappa shape index (κ2) is 9.74. The van der Waals surface area contributed by atoms with Crippen molar-refractivity contribution >= 4 is 32.7 Å². The summed E-state index contributed by atoms with van der Waals surface area (Å²) < 4.78 is 149. The zero-order valence-electron chi connectivity index (χ0n) is 17.0. The summed E-state index contributed by atoms with van der Waals surface area (Å²) in [5, 5.41) is -7.11. The van der Waals surface area contributed by atoms with Gasteiger partial charge in [0, 0.05) is 15.9 Å². The Labute approximate surface area is 202 Å². The molecule has 0 fully saturated rings. The summed E-state index contributed by atoms with van der Waals surface area (Å²) in [6, 6.07) is 11.2. The lowest BCUT2D eigenvalue weighted by atomic mass is 9.88. The highest BCUT2D eigenvalue weighted by molar-refractivity contribution is 14.1. The number of benzene rings is 2. The van der Waals surface area contributed by atoms with Crippen LogP contribution >= 0.6 is 22.6 Å². The highest BCUT2D eigenvalue weighted by Crippen LogP contribution is 2.56. The first kappa shape index (κ1) is 28.5. The predicted molar refractivity (Wildman–Crippen MR) is 113 cm³/mol. The van der Waals surface area contributed by atoms with Crippen LogP contribution in [0.1, 0.15) is 29.0 Å². The van der Waals surface area contributed by atoms with Gasteiger partial charge in [0.1, 0.15) is 5.75 Å². The molecule has 0 saturated carbocycles. The molecule has 14 heteroatoms. The third kappa shape index (κ3) is 5.11. The molecule has 3 nitrogen and oxygen atoms in total. The van der Waals surface area contributed by atoms with Crippen molar-refractivity contribution in [2.24, 2.45) is 0 Å². The average molecular weight is 634 g/mol. The van der Waals surface area contributed by atoms with E-state index in [2.05, 4.69) is 4.18 Å². The third-order valence-electron chi connectivity index (χ3n) is 4.81. The van der Waals surface area contributed by atoms with Gasteiger partial charge in [-0.15, -0.1) is 0 Å². The number of hydrogen-bond donors (Lipinski definition) is 0. The summed E-state index contributed by atoms with van der Waals surface area (Å²) in [6.45, 7) is 1.51. The van der Waals surface area contributed by atoms with Gasteiger partial charge in [0.15, 0.2) is 0 Å². The first-order chi connectivity index (χ1) is 15.4. The van der Waals surface area contributed by atoms with Crippen LogP contribution in [0.4, 0.5) is 39.5 Å². The van der Waals surface area contributed by atoms with Crippen LogP contribution in [-0.4, -0.2) is 36.1 Å². The number of hydrogen-bond acceptors (Lipinski definition) is 3. The average Bonchev–Trinajstić information content (AvgIpc) is 2.71. The normalized spacial score (nSPS) is 16.1. The maximum absolute atomic E-state index is 14.6. The van der Waals surface area contributed by atoms with Crippen molar-refractivity contribution in [2.45, 2.75) is 42.5 Å². The van der Waals surface area contributed by atoms with Gasteiger partial charge in [0.05, 0.1) is 0 Å². The molecule has 2 aromatic carbocycles. The monoisotopic (exact) mass is 634 g/mol. The summed E-state index contributed by atoms with van der Waals surface area (Å²) in [6.07, 6.45) is -14.1. The lowest BCUT2D eigenvalue weighted by Crippen LogP contribution is -2.66. The van der Waals surface area contributed by atoms with E-state index in [0.717, 1.165) is 12.1 Å². The fourth-order valence-corrected chi connectivity index (χ4v) is 4.99. The second-order valence-electron chi connectivity index (χ2n) is 7.18. The van der Waals surface area contributed by atoms with Crippen LogP contribution in [0.3, 0.4) is 0 Å². The van der Waals surface area contributed by atoms with E-state index in [0.29, 0.717) is 15.6 Å². The van der Waals surface area contributed by atoms with E-state index in [-0.39, 0.29) is 12.0 Å². The Bertz CT molecular complexity index is 1100. The van der Waals surface area contributed by atoms with E-state index >= 15 is 0 Å². The van der Waals surface area contributed by atoms with Crippen LogP contribution in [-0.2, 0) is 10.1 Å². The fourth-order valence-electron chi connectivity index (χ4n) is 3.15. The van der Waals surface area contributed by atoms with E-state index < -0.39 is 45.1 Å². The number of rotatable bonds is 8. The summed E-state index contributed by atoms with van der Waals surface area (Å²) in [4.78, 5) is 0. The lowest BCUT2D eigenvalue weighted by Gasteiger charge is -2.34. The minimum atomic E-state index is -7.37. The van der Waals surface area contributed by atoms with E-state index in [1.54, 1.807) is 30.3 Å². The fraction of sp³-hybridized carbons (Fsp3) is 0.400. The Morgan fingerprint density at radius 1 is 0.882 bits per heavy atom. The molecule has 2 atom stereocenters. The van der Waals surface area contributed by atoms with Gasteiger partial charge >= 0.3 is 33.4 Å². The zero-order valence-corrected chi connectivity index (χ0v) is 20.0. The zero-order chi connectivity index (χ0) is 26.2. The van der Waals surface area contributed by atoms with Crippen LogP contribution < -0.4 is 4.18 Å². The summed E-state index contributed by atoms with van der Waals surface area (Å²) in [5.41, 5.74) is 0.832. The molecule has 0 bridgehead atoms. The van der Waals surface area contributed by atoms with Gasteiger partial charge in [-0.2, -0.15) is 43.5 Å². The quantitative estimate of drug-likeness (QED) is 0.135. The molecule has 34 heavy (non-hydrogen) atoms. The topological polar surface area (TPSA) is 43.4 Å². The Morgan fingerprint density at radius 3 is 1.91 bits per heavy atom. The Hall–Kier alpha value is -1.71. The van der Waals surface area contributed by atoms with Crippen molar-refractivity contribution < 1.29 is 52.1 Å². The van der Waals surface area contributed by atoms with E-state index in [1.165, 1.54) is 13.0 Å². The summed E-state index contributed by atoms with van der Waals surface area (Å²) in [7, 11) is -7.30. The van der Waals surface area contributed by atoms with E-state index in [4.69, 9.17) is 0 Å². The van der Waals surface area contributed by atoms with E-state index in [1.807, 2.05) is 22.6 Å². The molecule has 0 aliphatic carbocycles. The molecule has 2 aromatic rings. The molecule has 190 valence electrons. The molecule has 0 aromatic heterocycles. The Balaban J connectivity index is 2.72. The maximum Gasteiger partial charge on any atom is 0.458 e. The summed E-state index contributed by atoms with van der Waals surface area (Å²) >= 11 is 1.96. The SMILES string of the molecule is Cc1ccc(OS(=O)(=O)C(F)(C(F)(F)F)C(F)(F)C(F)(F)F)c(C(CCI)c2ccccc2)c1. The van der Waals surface area contributed by atoms with Gasteiger partial charge < -0.3 is 4.18 Å². The van der Waals surface area contributed by atoms with Crippen molar-refractivity contribution in [3.8, 4) is 5.75 Å². The number of halogens is 10. The van der Waals surface area contributed by atoms with Crippen LogP contribution in [0.2, 0.25) is 0 Å². The molecule has 2 unspecified atom stereocenters. The van der Waals surface area contributed by atoms with Crippen molar-refractivity contribution in [1.29, 1.82) is 0 Å². The lowest BCUT2D eigenvalue weighted by molar-refractivity contribution is -0.359. The standard InChI is InChI=1S/C20H16F9IO3S/c1-12-7-8-16(15(11-12)14(9-10-30)13-5-3-2-4-6-13)33-34(31,32)18(23,20(27,28)29)17(21,22)19(24,25)26/h2-8,11,14H,9-10H2,1H3. The van der Waals surface area contributed by atoms with Gasteiger partial charge in [-0.3, -0.25) is 0 Å². The van der Waals surface area contributed by atoms with Gasteiger partial charge in [-0.1, -0.05) is 70.6 Å². The molecule has 0 radical (unpaired) electrons. The Morgan fingerprint density at radius 2 is 1.44 bits per heavy atom. The molecule has 2 rings (SSSR count). The van der Waals surface area contributed by atoms with Crippen molar-refractivity contribution in [3.63, 3.8) is 0 Å². The molecule has 0 aliphatic heterocycles. The molecule has 0 heterocycles. The Kier molecular flexibility index (Phi) is 8.17. The van der Waals surface area contributed by atoms with Crippen LogP contribution in [0.5, 0.6) is 5.75 Å². The van der Waals surface area contributed by atoms with Crippen molar-refractivity contribution in [3.05, 3.63) is 65.2 Å². The predicted octanol–water partition coefficient (Wildman–Crippen LogP) is 7.09. The van der Waals surface area contributed by atoms with E-state index in [9.17, 15) is 47.9 Å². The number of aryl methyl sites for hydroxylation is 1. The summed E-state index contributed by atoms with van der Waals surface area (Å²) in [5.74, 6) is -9.14. The molecule has 0 spiro atoms. The molecule has 0 saturated heterocycles. The van der Waals surface area contributed by atoms with Crippen molar-refractivity contribution in [1.82, 2.24) is 0 Å². The first-order valence-electron chi connectivity index (χ1n) is 9.26. The van der Waals surface area contributed by atoms with Crippen molar-refractivity contribution in [2.75, 3.05) is 4.43 Å². The number of alkyl halides is 10. The molecular weight excluding hydrogens is 618 g/mol. The van der Waals surface area contributed by atoms with Gasteiger partial charge in [0.25, 0.3) is 0 Å². The molecule has 0 aliphatic rings. The minimum absolute atomic E-state index is 0.133. The first-order valence-corrected chi connectivity index (χ1v) is 12.2. The third-order valence-corrected chi connectivity index (χ3v) is 7.01. The van der Waals surface area contributed by atoms with Gasteiger partial charge in [0.2, 0.25) is 0 Å². The van der Waals surface area contributed by atoms with Crippen LogP contribution in [0.25, 0.3) is 0 Å². The van der Waals surface area contributed by atoms with Crippen LogP contribution in [0, 0.1) is 6.92 Å². The molecule has 0 N–H and O–H groups in total. The molecule has 0 amide bonds. The molecular formula is C20H16F9IO3S.